The lowest BCUT2D eigenvalue weighted by molar-refractivity contribution is -0.117. The van der Waals surface area contributed by atoms with Gasteiger partial charge in [-0.1, -0.05) is 55.8 Å². The van der Waals surface area contributed by atoms with E-state index in [0.29, 0.717) is 13.0 Å². The predicted molar refractivity (Wildman–Crippen MR) is 105 cm³/mol. The fourth-order valence-corrected chi connectivity index (χ4v) is 2.58. The number of nitrogens with one attached hydrogen (secondary N) is 1. The summed E-state index contributed by atoms with van der Waals surface area (Å²) in [6.45, 7) is 4.47. The third-order valence-electron chi connectivity index (χ3n) is 3.97. The van der Waals surface area contributed by atoms with Crippen molar-refractivity contribution in [2.24, 2.45) is 0 Å². The number of carbonyl (C=O) groups excluding carboxylic acids is 1. The van der Waals surface area contributed by atoms with Crippen molar-refractivity contribution >= 4 is 12.0 Å². The summed E-state index contributed by atoms with van der Waals surface area (Å²) >= 11 is 0. The molecule has 0 bridgehead atoms. The highest BCUT2D eigenvalue weighted by molar-refractivity contribution is 5.91. The van der Waals surface area contributed by atoms with Gasteiger partial charge in [0.15, 0.2) is 0 Å². The van der Waals surface area contributed by atoms with E-state index in [0.717, 1.165) is 23.3 Å². The summed E-state index contributed by atoms with van der Waals surface area (Å²) in [5.41, 5.74) is 1.11. The molecule has 26 heavy (non-hydrogen) atoms. The maximum absolute atomic E-state index is 11.9. The molecule has 0 aliphatic heterocycles. The fraction of sp³-hybridized carbons (Fsp3) is 0.318. The van der Waals surface area contributed by atoms with Crippen molar-refractivity contribution in [2.75, 3.05) is 6.54 Å². The Morgan fingerprint density at radius 3 is 2.69 bits per heavy atom. The molecule has 4 heteroatoms. The third-order valence-corrected chi connectivity index (χ3v) is 3.97. The lowest BCUT2D eigenvalue weighted by Gasteiger charge is -2.22. The van der Waals surface area contributed by atoms with E-state index in [-0.39, 0.29) is 12.5 Å². The van der Waals surface area contributed by atoms with Crippen molar-refractivity contribution in [1.29, 1.82) is 0 Å². The minimum absolute atomic E-state index is 0.225. The SMILES string of the molecule is CCC[C@](C)(O)CNC(=O)/C=C\c1cccc(OCc2ccccc2)c1. The molecule has 2 aromatic rings. The van der Waals surface area contributed by atoms with E-state index in [4.69, 9.17) is 4.74 Å². The van der Waals surface area contributed by atoms with Crippen LogP contribution in [0, 0.1) is 0 Å². The van der Waals surface area contributed by atoms with Crippen LogP contribution in [0.2, 0.25) is 0 Å². The fourth-order valence-electron chi connectivity index (χ4n) is 2.58. The number of hydrogen-bond donors (Lipinski definition) is 2. The summed E-state index contributed by atoms with van der Waals surface area (Å²) < 4.78 is 5.79. The highest BCUT2D eigenvalue weighted by atomic mass is 16.5. The predicted octanol–water partition coefficient (Wildman–Crippen LogP) is 3.95. The van der Waals surface area contributed by atoms with Gasteiger partial charge in [0.25, 0.3) is 0 Å². The first-order valence-corrected chi connectivity index (χ1v) is 8.93. The van der Waals surface area contributed by atoms with Gasteiger partial charge in [0, 0.05) is 12.6 Å². The van der Waals surface area contributed by atoms with E-state index in [1.54, 1.807) is 13.0 Å². The first-order chi connectivity index (χ1) is 12.5. The molecule has 138 valence electrons. The summed E-state index contributed by atoms with van der Waals surface area (Å²) in [6.07, 6.45) is 4.73. The number of ether oxygens (including phenoxy) is 1. The molecule has 4 nitrogen and oxygen atoms in total. The van der Waals surface area contributed by atoms with Crippen molar-refractivity contribution in [1.82, 2.24) is 5.32 Å². The van der Waals surface area contributed by atoms with E-state index in [2.05, 4.69) is 5.32 Å². The van der Waals surface area contributed by atoms with Gasteiger partial charge in [-0.25, -0.2) is 0 Å². The second-order valence-electron chi connectivity index (χ2n) is 6.64. The van der Waals surface area contributed by atoms with E-state index < -0.39 is 5.60 Å². The van der Waals surface area contributed by atoms with Gasteiger partial charge in [-0.05, 0) is 42.7 Å². The Morgan fingerprint density at radius 2 is 1.96 bits per heavy atom. The van der Waals surface area contributed by atoms with Crippen LogP contribution in [0.3, 0.4) is 0 Å². The first kappa shape index (κ1) is 19.7. The average molecular weight is 353 g/mol. The monoisotopic (exact) mass is 353 g/mol. The highest BCUT2D eigenvalue weighted by Gasteiger charge is 2.19. The van der Waals surface area contributed by atoms with Gasteiger partial charge in [-0.3, -0.25) is 4.79 Å². The normalized spacial score (nSPS) is 13.3. The van der Waals surface area contributed by atoms with Crippen molar-refractivity contribution in [3.8, 4) is 5.75 Å². The summed E-state index contributed by atoms with van der Waals surface area (Å²) in [5.74, 6) is 0.527. The van der Waals surface area contributed by atoms with E-state index in [9.17, 15) is 9.90 Å². The van der Waals surface area contributed by atoms with Gasteiger partial charge in [-0.2, -0.15) is 0 Å². The number of amides is 1. The molecular weight excluding hydrogens is 326 g/mol. The molecule has 0 unspecified atom stereocenters. The van der Waals surface area contributed by atoms with Gasteiger partial charge >= 0.3 is 0 Å². The maximum Gasteiger partial charge on any atom is 0.244 e. The largest absolute Gasteiger partial charge is 0.489 e. The molecule has 0 spiro atoms. The Balaban J connectivity index is 1.87. The van der Waals surface area contributed by atoms with Gasteiger partial charge in [0.2, 0.25) is 5.91 Å². The van der Waals surface area contributed by atoms with Crippen LogP contribution in [-0.4, -0.2) is 23.2 Å². The van der Waals surface area contributed by atoms with Gasteiger partial charge in [-0.15, -0.1) is 0 Å². The minimum atomic E-state index is -0.872. The van der Waals surface area contributed by atoms with E-state index in [1.807, 2.05) is 61.5 Å². The van der Waals surface area contributed by atoms with Crippen molar-refractivity contribution in [3.63, 3.8) is 0 Å². The Hall–Kier alpha value is -2.59. The van der Waals surface area contributed by atoms with E-state index in [1.165, 1.54) is 6.08 Å². The van der Waals surface area contributed by atoms with Crippen LogP contribution in [0.4, 0.5) is 0 Å². The average Bonchev–Trinajstić information content (AvgIpc) is 2.64. The molecule has 0 aromatic heterocycles. The van der Waals surface area contributed by atoms with Crippen LogP contribution >= 0.6 is 0 Å². The summed E-state index contributed by atoms with van der Waals surface area (Å²) in [4.78, 5) is 11.9. The molecule has 0 heterocycles. The molecule has 0 fully saturated rings. The smallest absolute Gasteiger partial charge is 0.244 e. The van der Waals surface area contributed by atoms with Crippen LogP contribution in [0.25, 0.3) is 6.08 Å². The van der Waals surface area contributed by atoms with E-state index >= 15 is 0 Å². The van der Waals surface area contributed by atoms with Crippen molar-refractivity contribution < 1.29 is 14.6 Å². The second-order valence-corrected chi connectivity index (χ2v) is 6.64. The standard InChI is InChI=1S/C22H27NO3/c1-3-14-22(2,25)17-23-21(24)13-12-18-10-7-11-20(15-18)26-16-19-8-5-4-6-9-19/h4-13,15,25H,3,14,16-17H2,1-2H3,(H,23,24)/b13-12-/t22-/m0/s1. The molecule has 0 aliphatic rings. The van der Waals surface area contributed by atoms with Crippen molar-refractivity contribution in [2.45, 2.75) is 38.9 Å². The van der Waals surface area contributed by atoms with Gasteiger partial charge in [0.1, 0.15) is 12.4 Å². The number of rotatable bonds is 9. The molecular formula is C22H27NO3. The molecule has 0 saturated carbocycles. The lowest BCUT2D eigenvalue weighted by Crippen LogP contribution is -2.39. The Labute approximate surface area is 155 Å². The topological polar surface area (TPSA) is 58.6 Å². The number of benzene rings is 2. The molecule has 2 rings (SSSR count). The van der Waals surface area contributed by atoms with Crippen LogP contribution in [0.5, 0.6) is 5.75 Å². The maximum atomic E-state index is 11.9. The molecule has 1 amide bonds. The van der Waals surface area contributed by atoms with Crippen LogP contribution in [0.15, 0.2) is 60.7 Å². The molecule has 0 radical (unpaired) electrons. The number of hydrogen-bond acceptors (Lipinski definition) is 3. The lowest BCUT2D eigenvalue weighted by atomic mass is 10.0. The van der Waals surface area contributed by atoms with Gasteiger partial charge < -0.3 is 15.2 Å². The van der Waals surface area contributed by atoms with Crippen molar-refractivity contribution in [3.05, 3.63) is 71.8 Å². The summed E-state index contributed by atoms with van der Waals surface area (Å²) in [6, 6.07) is 17.5. The Bertz CT molecular complexity index is 723. The summed E-state index contributed by atoms with van der Waals surface area (Å²) in [5, 5.41) is 12.8. The molecule has 1 atom stereocenters. The Kier molecular flexibility index (Phi) is 7.42. The summed E-state index contributed by atoms with van der Waals surface area (Å²) in [7, 11) is 0. The van der Waals surface area contributed by atoms with Crippen LogP contribution < -0.4 is 10.1 Å². The molecule has 2 N–H and O–H groups in total. The second kappa shape index (κ2) is 9.78. The first-order valence-electron chi connectivity index (χ1n) is 8.93. The third kappa shape index (κ3) is 7.11. The quantitative estimate of drug-likeness (QED) is 0.671. The number of carbonyl (C=O) groups is 1. The molecule has 0 aliphatic carbocycles. The zero-order valence-electron chi connectivity index (χ0n) is 15.4. The zero-order valence-corrected chi connectivity index (χ0v) is 15.4. The minimum Gasteiger partial charge on any atom is -0.489 e. The van der Waals surface area contributed by atoms with Crippen LogP contribution in [0.1, 0.15) is 37.8 Å². The van der Waals surface area contributed by atoms with Gasteiger partial charge in [0.05, 0.1) is 5.60 Å². The molecule has 0 saturated heterocycles. The zero-order chi connectivity index (χ0) is 18.8. The molecule has 2 aromatic carbocycles. The highest BCUT2D eigenvalue weighted by Crippen LogP contribution is 2.16. The number of aliphatic hydroxyl groups is 1. The van der Waals surface area contributed by atoms with Crippen LogP contribution in [-0.2, 0) is 11.4 Å². The Morgan fingerprint density at radius 1 is 1.19 bits per heavy atom.